The predicted molar refractivity (Wildman–Crippen MR) is 121 cm³/mol. The van der Waals surface area contributed by atoms with Gasteiger partial charge in [0.15, 0.2) is 0 Å². The van der Waals surface area contributed by atoms with Gasteiger partial charge in [-0.2, -0.15) is 9.78 Å². The zero-order valence-electron chi connectivity index (χ0n) is 16.6. The first-order chi connectivity index (χ1) is 14.6. The molecule has 1 fully saturated rings. The van der Waals surface area contributed by atoms with Crippen LogP contribution in [0.1, 0.15) is 18.5 Å². The van der Waals surface area contributed by atoms with Crippen LogP contribution in [0.15, 0.2) is 57.8 Å². The number of halogens is 1. The van der Waals surface area contributed by atoms with Crippen molar-refractivity contribution in [2.24, 2.45) is 7.05 Å². The molecule has 3 heterocycles. The second-order valence-electron chi connectivity index (χ2n) is 7.68. The molecule has 5 rings (SSSR count). The van der Waals surface area contributed by atoms with Gasteiger partial charge in [0.2, 0.25) is 5.91 Å². The number of hydrogen-bond acceptors (Lipinski definition) is 3. The molecular formula is C23H21BrN4O2. The minimum absolute atomic E-state index is 0.0589. The number of likely N-dealkylation sites (tertiary alicyclic amines) is 1. The van der Waals surface area contributed by atoms with Gasteiger partial charge in [0.05, 0.1) is 23.3 Å². The van der Waals surface area contributed by atoms with Gasteiger partial charge in [-0.3, -0.25) is 9.59 Å². The molecule has 152 valence electrons. The Kier molecular flexibility index (Phi) is 4.70. The van der Waals surface area contributed by atoms with E-state index in [0.717, 1.165) is 46.7 Å². The molecule has 0 unspecified atom stereocenters. The lowest BCUT2D eigenvalue weighted by molar-refractivity contribution is -0.129. The highest BCUT2D eigenvalue weighted by molar-refractivity contribution is 9.10. The Morgan fingerprint density at radius 2 is 1.77 bits per heavy atom. The Balaban J connectivity index is 1.82. The van der Waals surface area contributed by atoms with Crippen molar-refractivity contribution in [3.05, 3.63) is 69.1 Å². The van der Waals surface area contributed by atoms with Gasteiger partial charge in [0, 0.05) is 35.4 Å². The van der Waals surface area contributed by atoms with Crippen molar-refractivity contribution in [2.75, 3.05) is 13.1 Å². The number of benzene rings is 2. The Morgan fingerprint density at radius 3 is 2.50 bits per heavy atom. The minimum Gasteiger partial charge on any atom is -0.342 e. The van der Waals surface area contributed by atoms with Crippen LogP contribution < -0.4 is 5.56 Å². The normalized spacial score (nSPS) is 14.1. The number of aromatic nitrogens is 3. The van der Waals surface area contributed by atoms with Crippen molar-refractivity contribution in [3.8, 4) is 5.69 Å². The van der Waals surface area contributed by atoms with E-state index in [0.29, 0.717) is 16.9 Å². The molecule has 6 nitrogen and oxygen atoms in total. The fourth-order valence-corrected chi connectivity index (χ4v) is 4.94. The molecular weight excluding hydrogens is 444 g/mol. The van der Waals surface area contributed by atoms with Crippen molar-refractivity contribution in [1.82, 2.24) is 19.2 Å². The van der Waals surface area contributed by atoms with E-state index in [9.17, 15) is 9.59 Å². The summed E-state index contributed by atoms with van der Waals surface area (Å²) in [5.41, 5.74) is 2.60. The maximum Gasteiger partial charge on any atom is 0.296 e. The molecule has 1 saturated heterocycles. The topological polar surface area (TPSA) is 60.1 Å². The molecule has 30 heavy (non-hydrogen) atoms. The van der Waals surface area contributed by atoms with Crippen LogP contribution in [0.2, 0.25) is 0 Å². The summed E-state index contributed by atoms with van der Waals surface area (Å²) >= 11 is 3.64. The number of fused-ring (bicyclic) bond motifs is 3. The van der Waals surface area contributed by atoms with E-state index >= 15 is 0 Å². The molecule has 4 aromatic rings. The average molecular weight is 465 g/mol. The van der Waals surface area contributed by atoms with Crippen molar-refractivity contribution >= 4 is 43.6 Å². The van der Waals surface area contributed by atoms with Gasteiger partial charge in [0.25, 0.3) is 5.56 Å². The summed E-state index contributed by atoms with van der Waals surface area (Å²) in [7, 11) is 1.89. The van der Waals surface area contributed by atoms with E-state index in [-0.39, 0.29) is 17.9 Å². The number of carbonyl (C=O) groups is 1. The molecule has 1 aliphatic heterocycles. The van der Waals surface area contributed by atoms with Gasteiger partial charge >= 0.3 is 0 Å². The summed E-state index contributed by atoms with van der Waals surface area (Å²) in [6.45, 7) is 1.58. The monoisotopic (exact) mass is 464 g/mol. The third-order valence-electron chi connectivity index (χ3n) is 5.86. The van der Waals surface area contributed by atoms with Crippen LogP contribution in [0.5, 0.6) is 0 Å². The highest BCUT2D eigenvalue weighted by Gasteiger charge is 2.25. The molecule has 1 amide bonds. The van der Waals surface area contributed by atoms with Gasteiger partial charge in [-0.25, -0.2) is 0 Å². The Bertz CT molecular complexity index is 1330. The highest BCUT2D eigenvalue weighted by atomic mass is 79.9. The SMILES string of the molecule is Cn1c2cccc(Br)c2c2c(CC(=O)N3CCCC3)nn(-c3ccccc3)c(=O)c21. The Hall–Kier alpha value is -2.93. The summed E-state index contributed by atoms with van der Waals surface area (Å²) in [5, 5.41) is 6.38. The first-order valence-electron chi connectivity index (χ1n) is 10.1. The zero-order valence-corrected chi connectivity index (χ0v) is 18.2. The van der Waals surface area contributed by atoms with Crippen LogP contribution in [0.3, 0.4) is 0 Å². The molecule has 0 N–H and O–H groups in total. The predicted octanol–water partition coefficient (Wildman–Crippen LogP) is 3.80. The lowest BCUT2D eigenvalue weighted by Crippen LogP contribution is -2.31. The summed E-state index contributed by atoms with van der Waals surface area (Å²) in [6.07, 6.45) is 2.25. The van der Waals surface area contributed by atoms with E-state index in [1.807, 2.05) is 65.0 Å². The van der Waals surface area contributed by atoms with Crippen LogP contribution in [-0.4, -0.2) is 38.2 Å². The number of aryl methyl sites for hydroxylation is 1. The van der Waals surface area contributed by atoms with Crippen LogP contribution in [-0.2, 0) is 18.3 Å². The summed E-state index contributed by atoms with van der Waals surface area (Å²) in [6, 6.07) is 15.2. The number of nitrogens with zero attached hydrogens (tertiary/aromatic N) is 4. The first-order valence-corrected chi connectivity index (χ1v) is 10.9. The second kappa shape index (κ2) is 7.40. The number of rotatable bonds is 3. The van der Waals surface area contributed by atoms with Crippen molar-refractivity contribution in [2.45, 2.75) is 19.3 Å². The third-order valence-corrected chi connectivity index (χ3v) is 6.52. The van der Waals surface area contributed by atoms with Gasteiger partial charge in [-0.05, 0) is 37.1 Å². The largest absolute Gasteiger partial charge is 0.342 e. The van der Waals surface area contributed by atoms with Crippen molar-refractivity contribution in [3.63, 3.8) is 0 Å². The summed E-state index contributed by atoms with van der Waals surface area (Å²) < 4.78 is 4.21. The van der Waals surface area contributed by atoms with Crippen LogP contribution in [0, 0.1) is 0 Å². The fraction of sp³-hybridized carbons (Fsp3) is 0.261. The highest BCUT2D eigenvalue weighted by Crippen LogP contribution is 2.34. The smallest absolute Gasteiger partial charge is 0.296 e. The maximum absolute atomic E-state index is 13.5. The van der Waals surface area contributed by atoms with Crippen LogP contribution in [0.4, 0.5) is 0 Å². The Morgan fingerprint density at radius 1 is 1.03 bits per heavy atom. The van der Waals surface area contributed by atoms with Gasteiger partial charge in [-0.1, -0.05) is 40.2 Å². The second-order valence-corrected chi connectivity index (χ2v) is 8.53. The van der Waals surface area contributed by atoms with E-state index < -0.39 is 0 Å². The molecule has 0 saturated carbocycles. The zero-order chi connectivity index (χ0) is 20.8. The van der Waals surface area contributed by atoms with E-state index in [2.05, 4.69) is 15.9 Å². The lowest BCUT2D eigenvalue weighted by Gasteiger charge is -2.16. The number of para-hydroxylation sites is 1. The van der Waals surface area contributed by atoms with E-state index in [1.54, 1.807) is 0 Å². The Labute approximate surface area is 181 Å². The minimum atomic E-state index is -0.195. The first kappa shape index (κ1) is 19.1. The van der Waals surface area contributed by atoms with E-state index in [1.165, 1.54) is 4.68 Å². The number of hydrogen-bond donors (Lipinski definition) is 0. The molecule has 1 aliphatic rings. The summed E-state index contributed by atoms with van der Waals surface area (Å²) in [5.74, 6) is 0.0589. The van der Waals surface area contributed by atoms with Crippen LogP contribution >= 0.6 is 15.9 Å². The van der Waals surface area contributed by atoms with E-state index in [4.69, 9.17) is 5.10 Å². The number of amides is 1. The lowest BCUT2D eigenvalue weighted by atomic mass is 10.1. The molecule has 0 radical (unpaired) electrons. The molecule has 2 aromatic carbocycles. The molecule has 0 spiro atoms. The molecule has 0 bridgehead atoms. The quantitative estimate of drug-likeness (QED) is 0.463. The fourth-order valence-electron chi connectivity index (χ4n) is 4.38. The maximum atomic E-state index is 13.5. The van der Waals surface area contributed by atoms with Gasteiger partial charge < -0.3 is 9.47 Å². The van der Waals surface area contributed by atoms with Gasteiger partial charge in [-0.15, -0.1) is 0 Å². The van der Waals surface area contributed by atoms with Crippen LogP contribution in [0.25, 0.3) is 27.5 Å². The molecule has 0 atom stereocenters. The third kappa shape index (κ3) is 2.96. The average Bonchev–Trinajstić information content (AvgIpc) is 3.39. The standard InChI is InChI=1S/C23H21BrN4O2/c1-26-18-11-7-10-16(24)20(18)21-17(14-19(29)27-12-5-6-13-27)25-28(23(30)22(21)26)15-8-3-2-4-9-15/h2-4,7-11H,5-6,12-14H2,1H3. The van der Waals surface area contributed by atoms with Gasteiger partial charge in [0.1, 0.15) is 5.52 Å². The number of carbonyl (C=O) groups excluding carboxylic acids is 1. The molecule has 2 aromatic heterocycles. The summed E-state index contributed by atoms with van der Waals surface area (Å²) in [4.78, 5) is 28.4. The van der Waals surface area contributed by atoms with Crippen molar-refractivity contribution in [1.29, 1.82) is 0 Å². The van der Waals surface area contributed by atoms with Crippen molar-refractivity contribution < 1.29 is 4.79 Å². The molecule has 7 heteroatoms. The molecule has 0 aliphatic carbocycles.